The Bertz CT molecular complexity index is 616. The van der Waals surface area contributed by atoms with Gasteiger partial charge in [-0.15, -0.1) is 12.3 Å². The molecule has 5 heteroatoms. The van der Waals surface area contributed by atoms with E-state index in [1.807, 2.05) is 12.1 Å². The van der Waals surface area contributed by atoms with Crippen molar-refractivity contribution in [2.24, 2.45) is 5.73 Å². The Labute approximate surface area is 107 Å². The van der Waals surface area contributed by atoms with Gasteiger partial charge in [0.15, 0.2) is 5.72 Å². The van der Waals surface area contributed by atoms with E-state index in [2.05, 4.69) is 5.92 Å². The molecule has 2 N–H and O–H groups in total. The van der Waals surface area contributed by atoms with Gasteiger partial charge in [0.05, 0.1) is 6.26 Å². The van der Waals surface area contributed by atoms with Crippen LogP contribution >= 0.6 is 0 Å². The fraction of sp³-hybridized carbons (Fsp3) is 0.385. The van der Waals surface area contributed by atoms with Gasteiger partial charge in [0.1, 0.15) is 0 Å². The summed E-state index contributed by atoms with van der Waals surface area (Å²) in [5.41, 5.74) is 7.56. The third-order valence-electron chi connectivity index (χ3n) is 3.07. The predicted octanol–water partition coefficient (Wildman–Crippen LogP) is 0.896. The molecule has 1 aromatic carbocycles. The molecule has 18 heavy (non-hydrogen) atoms. The van der Waals surface area contributed by atoms with Crippen molar-refractivity contribution < 1.29 is 12.6 Å². The van der Waals surface area contributed by atoms with E-state index in [9.17, 15) is 8.42 Å². The van der Waals surface area contributed by atoms with Gasteiger partial charge in [-0.1, -0.05) is 18.2 Å². The van der Waals surface area contributed by atoms with Crippen LogP contribution in [0, 0.1) is 12.3 Å². The van der Waals surface area contributed by atoms with Crippen LogP contribution in [0.1, 0.15) is 23.1 Å². The predicted molar refractivity (Wildman–Crippen MR) is 69.1 cm³/mol. The fourth-order valence-electron chi connectivity index (χ4n) is 2.40. The molecule has 0 fully saturated rings. The lowest BCUT2D eigenvalue weighted by molar-refractivity contribution is 0.0850. The molecular formula is C13H15NO3S. The molecule has 0 aromatic heterocycles. The molecule has 0 bridgehead atoms. The zero-order valence-corrected chi connectivity index (χ0v) is 11.0. The highest BCUT2D eigenvalue weighted by atomic mass is 32.2. The summed E-state index contributed by atoms with van der Waals surface area (Å²) >= 11 is 0. The molecule has 0 aliphatic heterocycles. The van der Waals surface area contributed by atoms with Gasteiger partial charge >= 0.3 is 0 Å². The van der Waals surface area contributed by atoms with E-state index < -0.39 is 15.8 Å². The minimum absolute atomic E-state index is 0.441. The van der Waals surface area contributed by atoms with Crippen LogP contribution in [0.4, 0.5) is 0 Å². The first-order valence-electron chi connectivity index (χ1n) is 5.60. The molecule has 0 amide bonds. The zero-order chi connectivity index (χ0) is 13.4. The summed E-state index contributed by atoms with van der Waals surface area (Å²) in [5, 5.41) is 0. The fourth-order valence-corrected chi connectivity index (χ4v) is 3.12. The quantitative estimate of drug-likeness (QED) is 0.501. The molecule has 0 radical (unpaired) electrons. The topological polar surface area (TPSA) is 69.4 Å². The Morgan fingerprint density at radius 3 is 2.89 bits per heavy atom. The molecule has 0 spiro atoms. The van der Waals surface area contributed by atoms with Crippen molar-refractivity contribution in [3.63, 3.8) is 0 Å². The second kappa shape index (κ2) is 4.39. The maximum atomic E-state index is 11.3. The first-order chi connectivity index (χ1) is 8.36. The molecule has 0 saturated carbocycles. The average molecular weight is 265 g/mol. The summed E-state index contributed by atoms with van der Waals surface area (Å²) in [4.78, 5) is 0. The summed E-state index contributed by atoms with van der Waals surface area (Å²) in [6.45, 7) is 0. The Morgan fingerprint density at radius 2 is 2.28 bits per heavy atom. The van der Waals surface area contributed by atoms with Gasteiger partial charge < -0.3 is 0 Å². The lowest BCUT2D eigenvalue weighted by Gasteiger charge is -2.24. The number of fused-ring (bicyclic) bond motifs is 1. The highest BCUT2D eigenvalue weighted by molar-refractivity contribution is 7.86. The van der Waals surface area contributed by atoms with Gasteiger partial charge in [0.25, 0.3) is 10.1 Å². The lowest BCUT2D eigenvalue weighted by Crippen LogP contribution is -2.39. The number of hydrogen-bond acceptors (Lipinski definition) is 4. The molecular weight excluding hydrogens is 250 g/mol. The van der Waals surface area contributed by atoms with E-state index in [1.165, 1.54) is 0 Å². The number of hydrogen-bond donors (Lipinski definition) is 1. The van der Waals surface area contributed by atoms with Crippen LogP contribution in [0.2, 0.25) is 0 Å². The SMILES string of the molecule is C#CCc1cccc2c1CCC2(N)OS(C)(=O)=O. The van der Waals surface area contributed by atoms with Gasteiger partial charge in [0.2, 0.25) is 0 Å². The van der Waals surface area contributed by atoms with Crippen LogP contribution in [0.5, 0.6) is 0 Å². The summed E-state index contributed by atoms with van der Waals surface area (Å²) in [7, 11) is -3.60. The standard InChI is InChI=1S/C13H15NO3S/c1-3-5-10-6-4-7-12-11(10)8-9-13(12,14)17-18(2,15)16/h1,4,6-7H,5,8-9,14H2,2H3. The molecule has 1 unspecified atom stereocenters. The van der Waals surface area contributed by atoms with Crippen LogP contribution in [0.25, 0.3) is 0 Å². The minimum atomic E-state index is -3.60. The second-order valence-corrected chi connectivity index (χ2v) is 6.08. The van der Waals surface area contributed by atoms with E-state index in [0.717, 1.165) is 22.9 Å². The largest absolute Gasteiger partial charge is 0.298 e. The summed E-state index contributed by atoms with van der Waals surface area (Å²) in [6.07, 6.45) is 7.95. The van der Waals surface area contributed by atoms with E-state index >= 15 is 0 Å². The third-order valence-corrected chi connectivity index (χ3v) is 3.67. The first kappa shape index (κ1) is 13.1. The van der Waals surface area contributed by atoms with Crippen LogP contribution < -0.4 is 5.73 Å². The van der Waals surface area contributed by atoms with Crippen molar-refractivity contribution in [1.82, 2.24) is 0 Å². The molecule has 1 aromatic rings. The van der Waals surface area contributed by atoms with Crippen LogP contribution in [0.3, 0.4) is 0 Å². The van der Waals surface area contributed by atoms with Gasteiger partial charge in [-0.3, -0.25) is 5.73 Å². The number of benzene rings is 1. The summed E-state index contributed by atoms with van der Waals surface area (Å²) in [6, 6.07) is 5.56. The molecule has 0 heterocycles. The molecule has 0 saturated heterocycles. The van der Waals surface area contributed by atoms with Gasteiger partial charge in [-0.05, 0) is 24.0 Å². The second-order valence-electron chi connectivity index (χ2n) is 4.50. The zero-order valence-electron chi connectivity index (χ0n) is 10.1. The molecule has 1 aliphatic rings. The van der Waals surface area contributed by atoms with Crippen LogP contribution in [0.15, 0.2) is 18.2 Å². The smallest absolute Gasteiger partial charge is 0.266 e. The van der Waals surface area contributed by atoms with Crippen molar-refractivity contribution in [3.8, 4) is 12.3 Å². The Kier molecular flexibility index (Phi) is 3.20. The van der Waals surface area contributed by atoms with Crippen molar-refractivity contribution in [2.75, 3.05) is 6.26 Å². The molecule has 1 atom stereocenters. The lowest BCUT2D eigenvalue weighted by atomic mass is 9.99. The number of rotatable bonds is 3. The number of terminal acetylenes is 1. The monoisotopic (exact) mass is 265 g/mol. The van der Waals surface area contributed by atoms with E-state index in [4.69, 9.17) is 16.3 Å². The Balaban J connectivity index is 2.46. The van der Waals surface area contributed by atoms with Crippen molar-refractivity contribution >= 4 is 10.1 Å². The van der Waals surface area contributed by atoms with Crippen LogP contribution in [-0.2, 0) is 32.9 Å². The maximum absolute atomic E-state index is 11.3. The van der Waals surface area contributed by atoms with Crippen molar-refractivity contribution in [2.45, 2.75) is 25.0 Å². The van der Waals surface area contributed by atoms with Crippen LogP contribution in [-0.4, -0.2) is 14.7 Å². The van der Waals surface area contributed by atoms with E-state index in [-0.39, 0.29) is 0 Å². The third kappa shape index (κ3) is 2.41. The van der Waals surface area contributed by atoms with E-state index in [0.29, 0.717) is 19.3 Å². The average Bonchev–Trinajstić information content (AvgIpc) is 2.55. The molecule has 96 valence electrons. The maximum Gasteiger partial charge on any atom is 0.266 e. The summed E-state index contributed by atoms with van der Waals surface area (Å²) in [5.74, 6) is 2.59. The minimum Gasteiger partial charge on any atom is -0.298 e. The first-order valence-corrected chi connectivity index (χ1v) is 7.41. The highest BCUT2D eigenvalue weighted by Gasteiger charge is 2.39. The highest BCUT2D eigenvalue weighted by Crippen LogP contribution is 2.38. The Hall–Kier alpha value is -1.35. The van der Waals surface area contributed by atoms with Gasteiger partial charge in [-0.25, -0.2) is 4.18 Å². The molecule has 2 rings (SSSR count). The summed E-state index contributed by atoms with van der Waals surface area (Å²) < 4.78 is 27.6. The van der Waals surface area contributed by atoms with E-state index in [1.54, 1.807) is 6.07 Å². The van der Waals surface area contributed by atoms with Gasteiger partial charge in [0, 0.05) is 12.0 Å². The molecule has 4 nitrogen and oxygen atoms in total. The Morgan fingerprint density at radius 1 is 1.56 bits per heavy atom. The van der Waals surface area contributed by atoms with Crippen molar-refractivity contribution in [3.05, 3.63) is 34.9 Å². The van der Waals surface area contributed by atoms with Crippen molar-refractivity contribution in [1.29, 1.82) is 0 Å². The normalized spacial score (nSPS) is 22.5. The van der Waals surface area contributed by atoms with Gasteiger partial charge in [-0.2, -0.15) is 8.42 Å². The molecule has 1 aliphatic carbocycles. The number of nitrogens with two attached hydrogens (primary N) is 1.